The molecule has 2 aliphatic heterocycles. The molecule has 0 aromatic heterocycles. The Hall–Kier alpha value is -2.44. The number of piperidine rings is 1. The first kappa shape index (κ1) is 23.7. The number of oxime groups is 1. The lowest BCUT2D eigenvalue weighted by molar-refractivity contribution is 0.0712. The second kappa shape index (κ2) is 10.2. The third-order valence-corrected chi connectivity index (χ3v) is 7.50. The Bertz CT molecular complexity index is 1030. The molecular weight excluding hydrogens is 438 g/mol. The first-order valence-electron chi connectivity index (χ1n) is 11.7. The lowest BCUT2D eigenvalue weighted by atomic mass is 9.86. The highest BCUT2D eigenvalue weighted by Crippen LogP contribution is 2.40. The normalized spacial score (nSPS) is 21.6. The topological polar surface area (TPSA) is 57.5 Å². The molecule has 178 valence electrons. The van der Waals surface area contributed by atoms with Crippen LogP contribution >= 0.6 is 11.6 Å². The summed E-state index contributed by atoms with van der Waals surface area (Å²) in [7, 11) is 1.66. The van der Waals surface area contributed by atoms with E-state index in [1.165, 1.54) is 36.1 Å². The Balaban J connectivity index is 1.51. The van der Waals surface area contributed by atoms with E-state index >= 15 is 0 Å². The van der Waals surface area contributed by atoms with Gasteiger partial charge in [-0.15, -0.1) is 0 Å². The second-order valence-electron chi connectivity index (χ2n) is 9.13. The SMILES string of the molecule is COc1cc(N2CCN3[C@@H](CCC[C@@H]3c3ccc(OC/C(C)=N\O)c(C)c3C)C2)ccc1Cl. The monoisotopic (exact) mass is 471 g/mol. The summed E-state index contributed by atoms with van der Waals surface area (Å²) in [6.45, 7) is 9.38. The van der Waals surface area contributed by atoms with Gasteiger partial charge in [-0.05, 0) is 74.9 Å². The van der Waals surface area contributed by atoms with Crippen molar-refractivity contribution in [3.05, 3.63) is 52.0 Å². The molecule has 0 aliphatic carbocycles. The Labute approximate surface area is 201 Å². The maximum Gasteiger partial charge on any atom is 0.139 e. The summed E-state index contributed by atoms with van der Waals surface area (Å²) >= 11 is 6.24. The number of halogens is 1. The van der Waals surface area contributed by atoms with Gasteiger partial charge in [-0.25, -0.2) is 0 Å². The molecule has 0 spiro atoms. The molecule has 0 bridgehead atoms. The fourth-order valence-corrected chi connectivity index (χ4v) is 5.40. The number of anilines is 1. The molecular formula is C26H34ClN3O3. The molecule has 0 unspecified atom stereocenters. The Morgan fingerprint density at radius 1 is 1.12 bits per heavy atom. The van der Waals surface area contributed by atoms with Gasteiger partial charge < -0.3 is 19.6 Å². The third-order valence-electron chi connectivity index (χ3n) is 7.19. The highest BCUT2D eigenvalue weighted by Gasteiger charge is 2.36. The van der Waals surface area contributed by atoms with Gasteiger partial charge >= 0.3 is 0 Å². The Kier molecular flexibility index (Phi) is 7.35. The molecule has 2 aromatic rings. The zero-order chi connectivity index (χ0) is 23.5. The average Bonchev–Trinajstić information content (AvgIpc) is 2.84. The minimum atomic E-state index is 0.291. The number of hydrogen-bond donors (Lipinski definition) is 1. The van der Waals surface area contributed by atoms with E-state index in [9.17, 15) is 0 Å². The number of rotatable bonds is 6. The molecule has 0 saturated carbocycles. The standard InChI is InChI=1S/C26H34ClN3O3/c1-17(28-31)16-33-25-11-9-22(18(2)19(25)3)24-7-5-6-21-15-29(12-13-30(21)24)20-8-10-23(27)26(14-20)32-4/h8-11,14,21,24,31H,5-7,12-13,15-16H2,1-4H3/b28-17-/t21-,24+/m0/s1. The fourth-order valence-electron chi connectivity index (χ4n) is 5.21. The molecule has 4 rings (SSSR count). The van der Waals surface area contributed by atoms with Gasteiger partial charge in [0.15, 0.2) is 0 Å². The van der Waals surface area contributed by atoms with Crippen molar-refractivity contribution in [2.24, 2.45) is 5.16 Å². The highest BCUT2D eigenvalue weighted by molar-refractivity contribution is 6.32. The summed E-state index contributed by atoms with van der Waals surface area (Å²) < 4.78 is 11.3. The van der Waals surface area contributed by atoms with Crippen molar-refractivity contribution in [1.82, 2.24) is 4.90 Å². The van der Waals surface area contributed by atoms with Gasteiger partial charge in [-0.1, -0.05) is 22.8 Å². The highest BCUT2D eigenvalue weighted by atomic mass is 35.5. The van der Waals surface area contributed by atoms with Gasteiger partial charge in [-0.2, -0.15) is 0 Å². The van der Waals surface area contributed by atoms with Crippen molar-refractivity contribution in [1.29, 1.82) is 0 Å². The third kappa shape index (κ3) is 4.92. The molecule has 2 atom stereocenters. The minimum Gasteiger partial charge on any atom is -0.495 e. The molecule has 33 heavy (non-hydrogen) atoms. The van der Waals surface area contributed by atoms with Gasteiger partial charge in [0.05, 0.1) is 17.8 Å². The van der Waals surface area contributed by atoms with E-state index in [-0.39, 0.29) is 0 Å². The number of piperazine rings is 1. The smallest absolute Gasteiger partial charge is 0.139 e. The summed E-state index contributed by atoms with van der Waals surface area (Å²) in [5.41, 5.74) is 5.59. The van der Waals surface area contributed by atoms with E-state index in [1.54, 1.807) is 14.0 Å². The maximum atomic E-state index is 8.88. The van der Waals surface area contributed by atoms with Crippen LogP contribution in [0.5, 0.6) is 11.5 Å². The minimum absolute atomic E-state index is 0.291. The predicted molar refractivity (Wildman–Crippen MR) is 134 cm³/mol. The number of hydrogen-bond acceptors (Lipinski definition) is 6. The van der Waals surface area contributed by atoms with Gasteiger partial charge in [-0.3, -0.25) is 4.90 Å². The Morgan fingerprint density at radius 3 is 2.70 bits per heavy atom. The molecule has 2 aromatic carbocycles. The van der Waals surface area contributed by atoms with Gasteiger partial charge in [0.1, 0.15) is 18.1 Å². The number of methoxy groups -OCH3 is 1. The lowest BCUT2D eigenvalue weighted by Crippen LogP contribution is -2.56. The molecule has 2 aliphatic rings. The van der Waals surface area contributed by atoms with Crippen LogP contribution in [0.25, 0.3) is 0 Å². The fraction of sp³-hybridized carbons (Fsp3) is 0.500. The summed E-state index contributed by atoms with van der Waals surface area (Å²) in [6.07, 6.45) is 3.63. The van der Waals surface area contributed by atoms with Crippen LogP contribution < -0.4 is 14.4 Å². The second-order valence-corrected chi connectivity index (χ2v) is 9.54. The van der Waals surface area contributed by atoms with Crippen LogP contribution in [-0.4, -0.2) is 55.2 Å². The zero-order valence-electron chi connectivity index (χ0n) is 20.0. The van der Waals surface area contributed by atoms with Gasteiger partial charge in [0, 0.05) is 43.5 Å². The van der Waals surface area contributed by atoms with Crippen LogP contribution in [-0.2, 0) is 0 Å². The number of benzene rings is 2. The van der Waals surface area contributed by atoms with Crippen molar-refractivity contribution in [2.75, 3.05) is 38.3 Å². The van der Waals surface area contributed by atoms with E-state index in [2.05, 4.69) is 47.0 Å². The van der Waals surface area contributed by atoms with E-state index in [1.807, 2.05) is 12.1 Å². The van der Waals surface area contributed by atoms with Crippen molar-refractivity contribution in [3.63, 3.8) is 0 Å². The van der Waals surface area contributed by atoms with Crippen LogP contribution in [0, 0.1) is 13.8 Å². The van der Waals surface area contributed by atoms with E-state index in [0.29, 0.717) is 29.4 Å². The quantitative estimate of drug-likeness (QED) is 0.337. The van der Waals surface area contributed by atoms with Crippen molar-refractivity contribution in [3.8, 4) is 11.5 Å². The molecule has 2 heterocycles. The molecule has 0 radical (unpaired) electrons. The van der Waals surface area contributed by atoms with Crippen molar-refractivity contribution in [2.45, 2.75) is 52.1 Å². The van der Waals surface area contributed by atoms with Crippen LogP contribution in [0.1, 0.15) is 48.9 Å². The van der Waals surface area contributed by atoms with Crippen LogP contribution in [0.3, 0.4) is 0 Å². The lowest BCUT2D eigenvalue weighted by Gasteiger charge is -2.49. The summed E-state index contributed by atoms with van der Waals surface area (Å²) in [5, 5.41) is 12.7. The summed E-state index contributed by atoms with van der Waals surface area (Å²) in [6, 6.07) is 11.3. The van der Waals surface area contributed by atoms with Gasteiger partial charge in [0.2, 0.25) is 0 Å². The molecule has 6 nitrogen and oxygen atoms in total. The molecule has 2 fully saturated rings. The summed E-state index contributed by atoms with van der Waals surface area (Å²) in [4.78, 5) is 5.17. The van der Waals surface area contributed by atoms with Crippen molar-refractivity contribution >= 4 is 23.0 Å². The molecule has 2 saturated heterocycles. The maximum absolute atomic E-state index is 8.88. The zero-order valence-corrected chi connectivity index (χ0v) is 20.7. The Morgan fingerprint density at radius 2 is 1.94 bits per heavy atom. The number of ether oxygens (including phenoxy) is 2. The molecule has 1 N–H and O–H groups in total. The van der Waals surface area contributed by atoms with Crippen LogP contribution in [0.2, 0.25) is 5.02 Å². The first-order valence-corrected chi connectivity index (χ1v) is 12.1. The number of fused-ring (bicyclic) bond motifs is 1. The van der Waals surface area contributed by atoms with Crippen LogP contribution in [0.4, 0.5) is 5.69 Å². The molecule has 0 amide bonds. The largest absolute Gasteiger partial charge is 0.495 e. The average molecular weight is 472 g/mol. The number of nitrogens with zero attached hydrogens (tertiary/aromatic N) is 3. The van der Waals surface area contributed by atoms with Gasteiger partial charge in [0.25, 0.3) is 0 Å². The van der Waals surface area contributed by atoms with E-state index in [4.69, 9.17) is 26.3 Å². The van der Waals surface area contributed by atoms with Crippen LogP contribution in [0.15, 0.2) is 35.5 Å². The van der Waals surface area contributed by atoms with E-state index in [0.717, 1.165) is 36.7 Å². The first-order chi connectivity index (χ1) is 15.9. The predicted octanol–water partition coefficient (Wildman–Crippen LogP) is 5.61. The van der Waals surface area contributed by atoms with Crippen molar-refractivity contribution < 1.29 is 14.7 Å². The summed E-state index contributed by atoms with van der Waals surface area (Å²) in [5.74, 6) is 1.58. The van der Waals surface area contributed by atoms with E-state index < -0.39 is 0 Å². The molecule has 7 heteroatoms.